The van der Waals surface area contributed by atoms with Crippen molar-refractivity contribution >= 4 is 15.9 Å². The van der Waals surface area contributed by atoms with Crippen molar-refractivity contribution in [3.63, 3.8) is 0 Å². The van der Waals surface area contributed by atoms with Gasteiger partial charge in [0.2, 0.25) is 15.9 Å². The predicted octanol–water partition coefficient (Wildman–Crippen LogP) is 0.970. The van der Waals surface area contributed by atoms with Gasteiger partial charge in [0.05, 0.1) is 10.9 Å². The summed E-state index contributed by atoms with van der Waals surface area (Å²) in [7, 11) is 1.37. The summed E-state index contributed by atoms with van der Waals surface area (Å²) in [5, 5.41) is 5.89. The molecule has 0 heterocycles. The molecule has 1 rings (SSSR count). The summed E-state index contributed by atoms with van der Waals surface area (Å²) in [6.45, 7) is 4.34. The number of carbonyl (C=O) groups excluding carboxylic acids is 1. The average Bonchev–Trinajstić information content (AvgIpc) is 2.47. The van der Waals surface area contributed by atoms with Crippen molar-refractivity contribution in [2.45, 2.75) is 24.8 Å². The zero-order valence-electron chi connectivity index (χ0n) is 13.8. The van der Waals surface area contributed by atoms with E-state index in [-0.39, 0.29) is 22.8 Å². The van der Waals surface area contributed by atoms with Gasteiger partial charge in [-0.25, -0.2) is 12.7 Å². The van der Waals surface area contributed by atoms with Crippen molar-refractivity contribution in [1.82, 2.24) is 14.9 Å². The zero-order chi connectivity index (χ0) is 16.9. The highest BCUT2D eigenvalue weighted by atomic mass is 32.2. The highest BCUT2D eigenvalue weighted by Gasteiger charge is 2.18. The van der Waals surface area contributed by atoms with Crippen LogP contribution >= 0.6 is 0 Å². The van der Waals surface area contributed by atoms with E-state index in [0.717, 1.165) is 5.56 Å². The van der Waals surface area contributed by atoms with Gasteiger partial charge in [0, 0.05) is 26.6 Å². The number of hydrogen-bond donors (Lipinski definition) is 2. The fraction of sp³-hybridized carbons (Fsp3) is 0.533. The van der Waals surface area contributed by atoms with Gasteiger partial charge in [-0.1, -0.05) is 19.1 Å². The van der Waals surface area contributed by atoms with Gasteiger partial charge in [-0.05, 0) is 31.7 Å². The maximum Gasteiger partial charge on any atom is 0.242 e. The van der Waals surface area contributed by atoms with Crippen molar-refractivity contribution in [1.29, 1.82) is 0 Å². The third kappa shape index (κ3) is 4.53. The molecule has 1 aromatic rings. The number of sulfonamides is 1. The minimum Gasteiger partial charge on any atom is -0.349 e. The maximum absolute atomic E-state index is 12.0. The van der Waals surface area contributed by atoms with Gasteiger partial charge in [-0.2, -0.15) is 0 Å². The summed E-state index contributed by atoms with van der Waals surface area (Å²) >= 11 is 0. The minimum atomic E-state index is -3.43. The third-order valence-electron chi connectivity index (χ3n) is 3.48. The molecule has 1 amide bonds. The molecule has 124 valence electrons. The van der Waals surface area contributed by atoms with Gasteiger partial charge in [-0.15, -0.1) is 0 Å². The lowest BCUT2D eigenvalue weighted by Gasteiger charge is -2.18. The molecule has 2 unspecified atom stereocenters. The second-order valence-electron chi connectivity index (χ2n) is 5.55. The van der Waals surface area contributed by atoms with E-state index < -0.39 is 10.0 Å². The lowest BCUT2D eigenvalue weighted by molar-refractivity contribution is -0.125. The van der Waals surface area contributed by atoms with E-state index in [0.29, 0.717) is 6.54 Å². The molecule has 0 aliphatic carbocycles. The van der Waals surface area contributed by atoms with E-state index in [4.69, 9.17) is 0 Å². The number of rotatable bonds is 7. The van der Waals surface area contributed by atoms with E-state index in [2.05, 4.69) is 10.6 Å². The summed E-state index contributed by atoms with van der Waals surface area (Å²) in [4.78, 5) is 12.2. The lowest BCUT2D eigenvalue weighted by Crippen LogP contribution is -2.35. The summed E-state index contributed by atoms with van der Waals surface area (Å²) in [5.41, 5.74) is 0.864. The molecule has 2 atom stereocenters. The second kappa shape index (κ2) is 7.71. The summed E-state index contributed by atoms with van der Waals surface area (Å²) < 4.78 is 25.2. The topological polar surface area (TPSA) is 78.5 Å². The molecule has 0 saturated heterocycles. The first-order chi connectivity index (χ1) is 10.2. The van der Waals surface area contributed by atoms with E-state index >= 15 is 0 Å². The van der Waals surface area contributed by atoms with Crippen molar-refractivity contribution in [2.24, 2.45) is 5.92 Å². The third-order valence-corrected chi connectivity index (χ3v) is 5.30. The van der Waals surface area contributed by atoms with E-state index in [1.165, 1.54) is 18.4 Å². The van der Waals surface area contributed by atoms with Crippen LogP contribution in [0, 0.1) is 5.92 Å². The smallest absolute Gasteiger partial charge is 0.242 e. The normalized spacial score (nSPS) is 14.6. The van der Waals surface area contributed by atoms with Gasteiger partial charge < -0.3 is 10.6 Å². The SMILES string of the molecule is CNCC(C)C(=O)NC(C)c1ccc(S(=O)(=O)N(C)C)cc1. The first-order valence-corrected chi connectivity index (χ1v) is 8.61. The summed E-state index contributed by atoms with van der Waals surface area (Å²) in [5.74, 6) is -0.160. The van der Waals surface area contributed by atoms with E-state index in [9.17, 15) is 13.2 Å². The standard InChI is InChI=1S/C15H25N3O3S/c1-11(10-16-3)15(19)17-12(2)13-6-8-14(9-7-13)22(20,21)18(4)5/h6-9,11-12,16H,10H2,1-5H3,(H,17,19). The fourth-order valence-corrected chi connectivity index (χ4v) is 2.88. The molecule has 0 fully saturated rings. The predicted molar refractivity (Wildman–Crippen MR) is 87.0 cm³/mol. The van der Waals surface area contributed by atoms with Gasteiger partial charge in [-0.3, -0.25) is 4.79 Å². The molecule has 1 aromatic carbocycles. The maximum atomic E-state index is 12.0. The zero-order valence-corrected chi connectivity index (χ0v) is 14.6. The number of carbonyl (C=O) groups is 1. The Morgan fingerprint density at radius 1 is 1.18 bits per heavy atom. The Morgan fingerprint density at radius 2 is 1.73 bits per heavy atom. The van der Waals surface area contributed by atoms with Gasteiger partial charge >= 0.3 is 0 Å². The van der Waals surface area contributed by atoms with Crippen LogP contribution in [-0.2, 0) is 14.8 Å². The Bertz CT molecular complexity index is 597. The summed E-state index contributed by atoms with van der Waals surface area (Å²) in [6, 6.07) is 6.39. The van der Waals surface area contributed by atoms with Crippen molar-refractivity contribution < 1.29 is 13.2 Å². The molecular weight excluding hydrogens is 302 g/mol. The quantitative estimate of drug-likeness (QED) is 0.782. The van der Waals surface area contributed by atoms with Crippen molar-refractivity contribution in [2.75, 3.05) is 27.7 Å². The Balaban J connectivity index is 2.81. The fourth-order valence-electron chi connectivity index (χ4n) is 1.98. The number of benzene rings is 1. The summed E-state index contributed by atoms with van der Waals surface area (Å²) in [6.07, 6.45) is 0. The number of hydrogen-bond acceptors (Lipinski definition) is 4. The first kappa shape index (κ1) is 18.6. The molecule has 0 aliphatic heterocycles. The van der Waals surface area contributed by atoms with Crippen LogP contribution in [-0.4, -0.2) is 46.3 Å². The molecule has 7 heteroatoms. The Labute approximate surface area is 132 Å². The van der Waals surface area contributed by atoms with Crippen LogP contribution in [0.5, 0.6) is 0 Å². The van der Waals surface area contributed by atoms with E-state index in [1.807, 2.05) is 13.8 Å². The number of nitrogens with one attached hydrogen (secondary N) is 2. The van der Waals surface area contributed by atoms with Crippen LogP contribution in [0.1, 0.15) is 25.5 Å². The van der Waals surface area contributed by atoms with Gasteiger partial charge in [0.1, 0.15) is 0 Å². The highest BCUT2D eigenvalue weighted by molar-refractivity contribution is 7.89. The van der Waals surface area contributed by atoms with E-state index in [1.54, 1.807) is 31.3 Å². The Hall–Kier alpha value is -1.44. The van der Waals surface area contributed by atoms with Crippen LogP contribution in [0.2, 0.25) is 0 Å². The number of amides is 1. The molecule has 0 spiro atoms. The van der Waals surface area contributed by atoms with Crippen LogP contribution in [0.3, 0.4) is 0 Å². The molecule has 22 heavy (non-hydrogen) atoms. The molecule has 0 bridgehead atoms. The molecule has 0 aromatic heterocycles. The Morgan fingerprint density at radius 3 is 2.18 bits per heavy atom. The molecular formula is C15H25N3O3S. The van der Waals surface area contributed by atoms with Gasteiger partial charge in [0.25, 0.3) is 0 Å². The van der Waals surface area contributed by atoms with Crippen LogP contribution < -0.4 is 10.6 Å². The Kier molecular flexibility index (Phi) is 6.52. The molecule has 2 N–H and O–H groups in total. The van der Waals surface area contributed by atoms with Crippen molar-refractivity contribution in [3.8, 4) is 0 Å². The highest BCUT2D eigenvalue weighted by Crippen LogP contribution is 2.18. The van der Waals surface area contributed by atoms with Crippen LogP contribution in [0.25, 0.3) is 0 Å². The first-order valence-electron chi connectivity index (χ1n) is 7.17. The molecule has 0 saturated carbocycles. The molecule has 0 radical (unpaired) electrons. The lowest BCUT2D eigenvalue weighted by atomic mass is 10.1. The van der Waals surface area contributed by atoms with Gasteiger partial charge in [0.15, 0.2) is 0 Å². The second-order valence-corrected chi connectivity index (χ2v) is 7.70. The largest absolute Gasteiger partial charge is 0.349 e. The van der Waals surface area contributed by atoms with Crippen LogP contribution in [0.4, 0.5) is 0 Å². The average molecular weight is 327 g/mol. The van der Waals surface area contributed by atoms with Crippen molar-refractivity contribution in [3.05, 3.63) is 29.8 Å². The monoisotopic (exact) mass is 327 g/mol. The van der Waals surface area contributed by atoms with Crippen LogP contribution in [0.15, 0.2) is 29.2 Å². The number of nitrogens with zero attached hydrogens (tertiary/aromatic N) is 1. The molecule has 0 aliphatic rings. The molecule has 6 nitrogen and oxygen atoms in total. The minimum absolute atomic E-state index is 0.0353.